The molecule has 5 nitrogen and oxygen atoms in total. The Labute approximate surface area is 186 Å². The van der Waals surface area contributed by atoms with E-state index in [2.05, 4.69) is 16.8 Å². The van der Waals surface area contributed by atoms with Crippen LogP contribution in [0, 0.1) is 11.8 Å². The third-order valence-electron chi connectivity index (χ3n) is 4.77. The number of carbonyl (C=O) groups is 1. The van der Waals surface area contributed by atoms with Gasteiger partial charge in [-0.15, -0.1) is 0 Å². The highest BCUT2D eigenvalue weighted by Gasteiger charge is 2.13. The number of aromatic nitrogens is 1. The molecular formula is C27H21NO4. The molecule has 32 heavy (non-hydrogen) atoms. The van der Waals surface area contributed by atoms with Crippen molar-refractivity contribution in [1.82, 2.24) is 4.98 Å². The molecule has 0 aliphatic rings. The molecule has 0 aliphatic heterocycles. The van der Waals surface area contributed by atoms with E-state index in [4.69, 9.17) is 9.47 Å². The molecule has 0 saturated heterocycles. The predicted octanol–water partition coefficient (Wildman–Crippen LogP) is 5.08. The number of ether oxygens (including phenoxy) is 2. The maximum atomic E-state index is 11.6. The lowest BCUT2D eigenvalue weighted by atomic mass is 10.1. The summed E-state index contributed by atoms with van der Waals surface area (Å²) in [5.74, 6) is 5.40. The zero-order chi connectivity index (χ0) is 22.2. The van der Waals surface area contributed by atoms with E-state index < -0.39 is 5.97 Å². The van der Waals surface area contributed by atoms with Gasteiger partial charge in [0.15, 0.2) is 0 Å². The summed E-state index contributed by atoms with van der Waals surface area (Å²) in [5, 5.41) is 10.3. The third kappa shape index (κ3) is 5.31. The van der Waals surface area contributed by atoms with Gasteiger partial charge >= 0.3 is 5.97 Å². The zero-order valence-corrected chi connectivity index (χ0v) is 17.3. The molecule has 5 heteroatoms. The fourth-order valence-electron chi connectivity index (χ4n) is 3.21. The fourth-order valence-corrected chi connectivity index (χ4v) is 3.21. The first-order valence-corrected chi connectivity index (χ1v) is 10.1. The Balaban J connectivity index is 1.57. The molecule has 0 radical (unpaired) electrons. The van der Waals surface area contributed by atoms with Gasteiger partial charge < -0.3 is 14.6 Å². The number of fused-ring (bicyclic) bond motifs is 1. The summed E-state index contributed by atoms with van der Waals surface area (Å²) in [5.41, 5.74) is 3.04. The highest BCUT2D eigenvalue weighted by atomic mass is 16.5. The largest absolute Gasteiger partial charge is 0.487 e. The van der Waals surface area contributed by atoms with E-state index in [1.54, 1.807) is 6.07 Å². The monoisotopic (exact) mass is 423 g/mol. The molecule has 0 amide bonds. The highest BCUT2D eigenvalue weighted by molar-refractivity contribution is 5.95. The van der Waals surface area contributed by atoms with Crippen molar-refractivity contribution in [2.24, 2.45) is 0 Å². The van der Waals surface area contributed by atoms with Gasteiger partial charge in [-0.1, -0.05) is 84.6 Å². The quantitative estimate of drug-likeness (QED) is 0.332. The number of carboxylic acid groups (broad SMARTS) is 1. The number of carboxylic acids is 1. The second kappa shape index (κ2) is 10.3. The van der Waals surface area contributed by atoms with Gasteiger partial charge in [0.25, 0.3) is 0 Å². The second-order valence-corrected chi connectivity index (χ2v) is 7.07. The van der Waals surface area contributed by atoms with Crippen LogP contribution in [0.25, 0.3) is 10.9 Å². The van der Waals surface area contributed by atoms with Gasteiger partial charge in [0.05, 0.1) is 6.61 Å². The summed E-state index contributed by atoms with van der Waals surface area (Å²) < 4.78 is 11.6. The van der Waals surface area contributed by atoms with Crippen LogP contribution in [-0.2, 0) is 18.0 Å². The van der Waals surface area contributed by atoms with Crippen LogP contribution in [0.15, 0.2) is 84.9 Å². The van der Waals surface area contributed by atoms with Crippen molar-refractivity contribution in [3.63, 3.8) is 0 Å². The minimum absolute atomic E-state index is 0.0808. The van der Waals surface area contributed by atoms with Crippen molar-refractivity contribution in [1.29, 1.82) is 0 Å². The van der Waals surface area contributed by atoms with E-state index in [-0.39, 0.29) is 12.3 Å². The van der Waals surface area contributed by atoms with Crippen LogP contribution >= 0.6 is 0 Å². The number of para-hydroxylation sites is 1. The zero-order valence-electron chi connectivity index (χ0n) is 17.3. The van der Waals surface area contributed by atoms with Crippen molar-refractivity contribution in [3.8, 4) is 17.6 Å². The van der Waals surface area contributed by atoms with Crippen LogP contribution in [-0.4, -0.2) is 22.7 Å². The number of rotatable bonds is 7. The molecule has 4 aromatic rings. The number of hydrogen-bond acceptors (Lipinski definition) is 4. The molecule has 3 aromatic carbocycles. The molecule has 0 bridgehead atoms. The van der Waals surface area contributed by atoms with Crippen LogP contribution in [0.4, 0.5) is 0 Å². The summed E-state index contributed by atoms with van der Waals surface area (Å²) in [6.45, 7) is 1.04. The van der Waals surface area contributed by atoms with Gasteiger partial charge in [-0.25, -0.2) is 9.78 Å². The molecule has 0 aliphatic carbocycles. The molecule has 0 unspecified atom stereocenters. The van der Waals surface area contributed by atoms with E-state index in [9.17, 15) is 9.90 Å². The third-order valence-corrected chi connectivity index (χ3v) is 4.77. The normalized spacial score (nSPS) is 10.4. The van der Waals surface area contributed by atoms with E-state index in [1.807, 2.05) is 72.8 Å². The van der Waals surface area contributed by atoms with Crippen molar-refractivity contribution >= 4 is 16.9 Å². The van der Waals surface area contributed by atoms with Crippen molar-refractivity contribution in [2.75, 3.05) is 6.61 Å². The lowest BCUT2D eigenvalue weighted by molar-refractivity contribution is 0.0691. The Morgan fingerprint density at radius 1 is 0.875 bits per heavy atom. The molecule has 158 valence electrons. The number of aromatic carboxylic acids is 1. The van der Waals surface area contributed by atoms with E-state index in [1.165, 1.54) is 6.07 Å². The number of hydrogen-bond donors (Lipinski definition) is 1. The average molecular weight is 423 g/mol. The van der Waals surface area contributed by atoms with Crippen molar-refractivity contribution < 1.29 is 19.4 Å². The summed E-state index contributed by atoms with van der Waals surface area (Å²) in [6, 6.07) is 26.6. The Kier molecular flexibility index (Phi) is 6.76. The lowest BCUT2D eigenvalue weighted by Crippen LogP contribution is -2.03. The molecule has 1 aromatic heterocycles. The Bertz CT molecular complexity index is 1280. The van der Waals surface area contributed by atoms with Crippen LogP contribution in [0.5, 0.6) is 5.75 Å². The summed E-state index contributed by atoms with van der Waals surface area (Å²) in [6.07, 6.45) is 0. The van der Waals surface area contributed by atoms with Crippen LogP contribution in [0.2, 0.25) is 0 Å². The van der Waals surface area contributed by atoms with Crippen LogP contribution in [0.1, 0.15) is 27.2 Å². The molecule has 0 atom stereocenters. The maximum Gasteiger partial charge on any atom is 0.354 e. The standard InChI is InChI=1S/C27H21NO4/c29-27(30)24-17-22(13-8-16-31-18-20-9-3-1-4-10-20)23-14-7-15-25(26(23)28-24)32-19-21-11-5-2-6-12-21/h1-7,9-12,14-15,17H,16,18-19H2,(H,29,30). The van der Waals surface area contributed by atoms with Crippen LogP contribution < -0.4 is 4.74 Å². The summed E-state index contributed by atoms with van der Waals surface area (Å²) in [4.78, 5) is 16.0. The fraction of sp³-hybridized carbons (Fsp3) is 0.111. The maximum absolute atomic E-state index is 11.6. The summed E-state index contributed by atoms with van der Waals surface area (Å²) >= 11 is 0. The van der Waals surface area contributed by atoms with E-state index >= 15 is 0 Å². The highest BCUT2D eigenvalue weighted by Crippen LogP contribution is 2.27. The lowest BCUT2D eigenvalue weighted by Gasteiger charge is -2.10. The first kappa shape index (κ1) is 21.1. The van der Waals surface area contributed by atoms with Crippen LogP contribution in [0.3, 0.4) is 0 Å². The number of benzene rings is 3. The average Bonchev–Trinajstić information content (AvgIpc) is 2.83. The molecule has 0 saturated carbocycles. The number of pyridine rings is 1. The van der Waals surface area contributed by atoms with Gasteiger partial charge in [0.2, 0.25) is 0 Å². The van der Waals surface area contributed by atoms with Gasteiger partial charge in [-0.3, -0.25) is 0 Å². The Hall–Kier alpha value is -4.14. The van der Waals surface area contributed by atoms with Gasteiger partial charge in [0.1, 0.15) is 30.2 Å². The molecule has 1 N–H and O–H groups in total. The van der Waals surface area contributed by atoms with Gasteiger partial charge in [0, 0.05) is 10.9 Å². The molecule has 0 spiro atoms. The van der Waals surface area contributed by atoms with E-state index in [0.29, 0.717) is 30.0 Å². The van der Waals surface area contributed by atoms with Crippen molar-refractivity contribution in [3.05, 3.63) is 107 Å². The topological polar surface area (TPSA) is 68.7 Å². The minimum Gasteiger partial charge on any atom is -0.487 e. The molecule has 4 rings (SSSR count). The Morgan fingerprint density at radius 3 is 2.25 bits per heavy atom. The molecular weight excluding hydrogens is 402 g/mol. The molecule has 1 heterocycles. The first-order chi connectivity index (χ1) is 15.7. The summed E-state index contributed by atoms with van der Waals surface area (Å²) in [7, 11) is 0. The van der Waals surface area contributed by atoms with Gasteiger partial charge in [-0.2, -0.15) is 0 Å². The molecule has 0 fully saturated rings. The van der Waals surface area contributed by atoms with Crippen molar-refractivity contribution in [2.45, 2.75) is 13.2 Å². The van der Waals surface area contributed by atoms with E-state index in [0.717, 1.165) is 16.5 Å². The first-order valence-electron chi connectivity index (χ1n) is 10.1. The smallest absolute Gasteiger partial charge is 0.354 e. The second-order valence-electron chi connectivity index (χ2n) is 7.07. The minimum atomic E-state index is -1.12. The Morgan fingerprint density at radius 2 is 1.56 bits per heavy atom. The number of nitrogens with zero attached hydrogens (tertiary/aromatic N) is 1. The predicted molar refractivity (Wildman–Crippen MR) is 122 cm³/mol. The van der Waals surface area contributed by atoms with Gasteiger partial charge in [-0.05, 0) is 23.3 Å². The SMILES string of the molecule is O=C(O)c1cc(C#CCOCc2ccccc2)c2cccc(OCc3ccccc3)c2n1.